The minimum atomic E-state index is -0.0963. The third-order valence-electron chi connectivity index (χ3n) is 10.8. The lowest BCUT2D eigenvalue weighted by Gasteiger charge is -2.41. The van der Waals surface area contributed by atoms with E-state index in [0.717, 1.165) is 27.6 Å². The van der Waals surface area contributed by atoms with Crippen LogP contribution in [0.15, 0.2) is 120 Å². The number of para-hydroxylation sites is 3. The zero-order chi connectivity index (χ0) is 32.7. The van der Waals surface area contributed by atoms with Crippen molar-refractivity contribution in [3.05, 3.63) is 126 Å². The topological polar surface area (TPSA) is 21.3 Å². The molecule has 8 aromatic rings. The first-order chi connectivity index (χ1) is 23.1. The Hall–Kier alpha value is -5.22. The highest BCUT2D eigenvalue weighted by Gasteiger charge is 2.45. The fraction of sp³-hybridized carbons (Fsp3) is 0.182. The maximum absolute atomic E-state index is 6.98. The fourth-order valence-electron chi connectivity index (χ4n) is 8.65. The molecule has 3 nitrogen and oxygen atoms in total. The van der Waals surface area contributed by atoms with Gasteiger partial charge in [0.15, 0.2) is 0 Å². The Labute approximate surface area is 281 Å². The van der Waals surface area contributed by atoms with Gasteiger partial charge >= 0.3 is 6.85 Å². The quantitative estimate of drug-likeness (QED) is 0.170. The summed E-state index contributed by atoms with van der Waals surface area (Å²) in [4.78, 5) is 2.49. The third-order valence-corrected chi connectivity index (χ3v) is 10.8. The number of aromatic nitrogens is 1. The summed E-state index contributed by atoms with van der Waals surface area (Å²) < 4.78 is 9.66. The largest absolute Gasteiger partial charge is 0.455 e. The van der Waals surface area contributed by atoms with E-state index in [4.69, 9.17) is 4.42 Å². The lowest BCUT2D eigenvalue weighted by Crippen LogP contribution is -2.56. The van der Waals surface area contributed by atoms with Crippen LogP contribution in [0.5, 0.6) is 0 Å². The number of hydrogen-bond donors (Lipinski definition) is 0. The van der Waals surface area contributed by atoms with Gasteiger partial charge in [-0.15, -0.1) is 0 Å². The van der Waals surface area contributed by atoms with Crippen molar-refractivity contribution in [2.24, 2.45) is 0 Å². The van der Waals surface area contributed by atoms with Crippen LogP contribution in [0.4, 0.5) is 17.1 Å². The summed E-state index contributed by atoms with van der Waals surface area (Å²) in [6, 6.07) is 42.8. The van der Waals surface area contributed by atoms with Gasteiger partial charge in [0, 0.05) is 60.8 Å². The standard InChI is InChI=1S/C44H37BN2O/c1-43(2,3)26-20-21-28-30-22-23-32(44(4,5)6)38-39-40-36(25-31-29-16-10-13-19-37(29)48-42(31)39)46(27-14-8-7-9-15-27)34-18-12-11-17-33(34)45(40)47(41(30)38)35(28)24-26/h7-25H,1-6H3. The summed E-state index contributed by atoms with van der Waals surface area (Å²) in [7, 11) is 0. The molecule has 0 radical (unpaired) electrons. The Bertz CT molecular complexity index is 2650. The van der Waals surface area contributed by atoms with Gasteiger partial charge in [-0.05, 0) is 69.3 Å². The number of fused-ring (bicyclic) bond motifs is 11. The zero-order valence-corrected chi connectivity index (χ0v) is 28.3. The van der Waals surface area contributed by atoms with Crippen molar-refractivity contribution in [1.29, 1.82) is 0 Å². The molecule has 4 heteroatoms. The van der Waals surface area contributed by atoms with E-state index in [-0.39, 0.29) is 17.7 Å². The second kappa shape index (κ2) is 9.23. The van der Waals surface area contributed by atoms with Crippen molar-refractivity contribution in [1.82, 2.24) is 4.48 Å². The van der Waals surface area contributed by atoms with Gasteiger partial charge in [-0.25, -0.2) is 0 Å². The first-order valence-electron chi connectivity index (χ1n) is 17.2. The highest BCUT2D eigenvalue weighted by molar-refractivity contribution is 6.90. The maximum atomic E-state index is 6.98. The molecule has 0 N–H and O–H groups in total. The molecule has 0 bridgehead atoms. The highest BCUT2D eigenvalue weighted by atomic mass is 16.3. The van der Waals surface area contributed by atoms with Crippen molar-refractivity contribution in [2.45, 2.75) is 52.4 Å². The van der Waals surface area contributed by atoms with Gasteiger partial charge < -0.3 is 13.8 Å². The molecule has 10 rings (SSSR count). The van der Waals surface area contributed by atoms with E-state index in [9.17, 15) is 0 Å². The highest BCUT2D eigenvalue weighted by Crippen LogP contribution is 2.51. The van der Waals surface area contributed by atoms with E-state index in [0.29, 0.717) is 0 Å². The normalized spacial score (nSPS) is 14.0. The Morgan fingerprint density at radius 1 is 0.583 bits per heavy atom. The Morgan fingerprint density at radius 2 is 1.31 bits per heavy atom. The van der Waals surface area contributed by atoms with Gasteiger partial charge in [-0.3, -0.25) is 0 Å². The Balaban J connectivity index is 1.49. The van der Waals surface area contributed by atoms with Crippen LogP contribution < -0.4 is 15.8 Å². The summed E-state index contributed by atoms with van der Waals surface area (Å²) >= 11 is 0. The number of rotatable bonds is 1. The van der Waals surface area contributed by atoms with E-state index in [1.54, 1.807) is 0 Å². The van der Waals surface area contributed by atoms with Crippen LogP contribution in [0.3, 0.4) is 0 Å². The maximum Gasteiger partial charge on any atom is 0.333 e. The molecule has 0 aliphatic carbocycles. The summed E-state index contributed by atoms with van der Waals surface area (Å²) in [5.41, 5.74) is 15.9. The molecule has 0 saturated carbocycles. The number of benzene rings is 6. The van der Waals surface area contributed by atoms with Crippen molar-refractivity contribution < 1.29 is 4.42 Å². The smallest absolute Gasteiger partial charge is 0.333 e. The number of nitrogens with zero attached hydrogens (tertiary/aromatic N) is 2. The molecule has 6 aromatic carbocycles. The first kappa shape index (κ1) is 27.9. The summed E-state index contributed by atoms with van der Waals surface area (Å²) in [5.74, 6) is 0. The van der Waals surface area contributed by atoms with Gasteiger partial charge in [0.25, 0.3) is 0 Å². The predicted octanol–water partition coefficient (Wildman–Crippen LogP) is 10.7. The number of hydrogen-bond acceptors (Lipinski definition) is 2. The van der Waals surface area contributed by atoms with Gasteiger partial charge in [-0.1, -0.05) is 120 Å². The third kappa shape index (κ3) is 3.55. The monoisotopic (exact) mass is 620 g/mol. The van der Waals surface area contributed by atoms with E-state index in [2.05, 4.69) is 166 Å². The molecular weight excluding hydrogens is 583 g/mol. The first-order valence-corrected chi connectivity index (χ1v) is 17.2. The van der Waals surface area contributed by atoms with Crippen molar-refractivity contribution in [3.63, 3.8) is 0 Å². The van der Waals surface area contributed by atoms with Crippen molar-refractivity contribution >= 4 is 78.6 Å². The van der Waals surface area contributed by atoms with Gasteiger partial charge in [-0.2, -0.15) is 0 Å². The SMILES string of the molecule is CC(C)(C)c1ccc2c3ccc(C(C)(C)C)c4c3n(c2c1)B1c2ccccc2N(c2ccccc2)c2cc3c(oc5ccccc53)c-4c21. The van der Waals surface area contributed by atoms with Crippen LogP contribution in [0, 0.1) is 0 Å². The minimum Gasteiger partial charge on any atom is -0.455 e. The van der Waals surface area contributed by atoms with E-state index >= 15 is 0 Å². The molecule has 2 aliphatic rings. The summed E-state index contributed by atoms with van der Waals surface area (Å²) in [6.45, 7) is 14.0. The molecule has 0 spiro atoms. The molecule has 0 amide bonds. The van der Waals surface area contributed by atoms with E-state index < -0.39 is 0 Å². The molecule has 4 heterocycles. The zero-order valence-electron chi connectivity index (χ0n) is 28.3. The Kier molecular flexibility index (Phi) is 5.36. The molecule has 232 valence electrons. The van der Waals surface area contributed by atoms with Crippen LogP contribution in [-0.2, 0) is 10.8 Å². The van der Waals surface area contributed by atoms with E-state index in [1.807, 2.05) is 0 Å². The predicted molar refractivity (Wildman–Crippen MR) is 205 cm³/mol. The van der Waals surface area contributed by atoms with Crippen LogP contribution >= 0.6 is 0 Å². The van der Waals surface area contributed by atoms with Crippen LogP contribution in [-0.4, -0.2) is 11.3 Å². The summed E-state index contributed by atoms with van der Waals surface area (Å²) in [6.07, 6.45) is 0. The lowest BCUT2D eigenvalue weighted by atomic mass is 9.44. The molecule has 48 heavy (non-hydrogen) atoms. The van der Waals surface area contributed by atoms with Crippen molar-refractivity contribution in [2.75, 3.05) is 4.90 Å². The lowest BCUT2D eigenvalue weighted by molar-refractivity contribution is 0.591. The molecule has 2 aliphatic heterocycles. The second-order valence-corrected chi connectivity index (χ2v) is 15.8. The van der Waals surface area contributed by atoms with Crippen LogP contribution in [0.1, 0.15) is 52.7 Å². The average Bonchev–Trinajstić information content (AvgIpc) is 3.61. The second-order valence-electron chi connectivity index (χ2n) is 15.8. The van der Waals surface area contributed by atoms with E-state index in [1.165, 1.54) is 66.4 Å². The molecule has 0 saturated heterocycles. The molecule has 0 unspecified atom stereocenters. The molecule has 0 atom stereocenters. The Morgan fingerprint density at radius 3 is 2.10 bits per heavy atom. The molecule has 2 aromatic heterocycles. The van der Waals surface area contributed by atoms with Gasteiger partial charge in [0.1, 0.15) is 11.2 Å². The van der Waals surface area contributed by atoms with Gasteiger partial charge in [0.05, 0.1) is 0 Å². The van der Waals surface area contributed by atoms with Crippen molar-refractivity contribution in [3.8, 4) is 11.1 Å². The van der Waals surface area contributed by atoms with Gasteiger partial charge in [0.2, 0.25) is 0 Å². The number of furan rings is 1. The molecular formula is C44H37BN2O. The van der Waals surface area contributed by atoms with Crippen LogP contribution in [0.2, 0.25) is 0 Å². The fourth-order valence-corrected chi connectivity index (χ4v) is 8.65. The average molecular weight is 621 g/mol. The minimum absolute atomic E-state index is 0.0249. The molecule has 0 fully saturated rings. The van der Waals surface area contributed by atoms with Crippen LogP contribution in [0.25, 0.3) is 54.9 Å². The summed E-state index contributed by atoms with van der Waals surface area (Å²) in [5, 5.41) is 4.92. The number of anilines is 3.